The van der Waals surface area contributed by atoms with E-state index in [1.54, 1.807) is 12.0 Å². The van der Waals surface area contributed by atoms with Crippen molar-refractivity contribution in [3.8, 4) is 0 Å². The molecule has 0 bridgehead atoms. The molecule has 0 fully saturated rings. The Bertz CT molecular complexity index is 200. The van der Waals surface area contributed by atoms with Crippen LogP contribution in [0, 0.1) is 0 Å². The zero-order chi connectivity index (χ0) is 12.6. The van der Waals surface area contributed by atoms with E-state index in [9.17, 15) is 4.79 Å². The van der Waals surface area contributed by atoms with Crippen molar-refractivity contribution in [3.63, 3.8) is 0 Å². The van der Waals surface area contributed by atoms with E-state index in [0.29, 0.717) is 13.2 Å². The van der Waals surface area contributed by atoms with E-state index < -0.39 is 6.04 Å². The van der Waals surface area contributed by atoms with Crippen molar-refractivity contribution in [2.75, 3.05) is 34.0 Å². The van der Waals surface area contributed by atoms with Gasteiger partial charge < -0.3 is 20.1 Å². The summed E-state index contributed by atoms with van der Waals surface area (Å²) in [6.07, 6.45) is 0.898. The fourth-order valence-electron chi connectivity index (χ4n) is 1.42. The van der Waals surface area contributed by atoms with Crippen LogP contribution in [0.3, 0.4) is 0 Å². The molecule has 0 aromatic rings. The average Bonchev–Trinajstić information content (AvgIpc) is 2.29. The molecule has 0 aliphatic rings. The van der Waals surface area contributed by atoms with Gasteiger partial charge in [-0.05, 0) is 13.3 Å². The summed E-state index contributed by atoms with van der Waals surface area (Å²) in [5.74, 6) is -0.0757. The van der Waals surface area contributed by atoms with Gasteiger partial charge in [-0.15, -0.1) is 0 Å². The Hall–Kier alpha value is -0.650. The minimum atomic E-state index is -0.587. The highest BCUT2D eigenvalue weighted by atomic mass is 16.5. The summed E-state index contributed by atoms with van der Waals surface area (Å²) in [6.45, 7) is 5.39. The van der Waals surface area contributed by atoms with E-state index in [0.717, 1.165) is 6.42 Å². The van der Waals surface area contributed by atoms with E-state index in [4.69, 9.17) is 15.2 Å². The zero-order valence-electron chi connectivity index (χ0n) is 10.7. The van der Waals surface area contributed by atoms with Gasteiger partial charge in [0.15, 0.2) is 0 Å². The number of hydrogen-bond donors (Lipinski definition) is 1. The molecule has 0 saturated heterocycles. The number of nitrogens with zero attached hydrogens (tertiary/aromatic N) is 1. The molecular weight excluding hydrogens is 208 g/mol. The average molecular weight is 232 g/mol. The van der Waals surface area contributed by atoms with Crippen molar-refractivity contribution in [1.29, 1.82) is 0 Å². The Morgan fingerprint density at radius 2 is 2.00 bits per heavy atom. The van der Waals surface area contributed by atoms with Crippen molar-refractivity contribution >= 4 is 5.91 Å². The maximum absolute atomic E-state index is 12.0. The topological polar surface area (TPSA) is 64.8 Å². The van der Waals surface area contributed by atoms with Gasteiger partial charge in [-0.3, -0.25) is 4.79 Å². The van der Waals surface area contributed by atoms with Gasteiger partial charge >= 0.3 is 0 Å². The highest BCUT2D eigenvalue weighted by molar-refractivity contribution is 5.82. The summed E-state index contributed by atoms with van der Waals surface area (Å²) in [6, 6.07) is -0.415. The van der Waals surface area contributed by atoms with Gasteiger partial charge in [-0.25, -0.2) is 0 Å². The summed E-state index contributed by atoms with van der Waals surface area (Å²) < 4.78 is 9.88. The highest BCUT2D eigenvalue weighted by Gasteiger charge is 2.23. The number of ether oxygens (including phenoxy) is 2. The van der Waals surface area contributed by atoms with Gasteiger partial charge in [-0.2, -0.15) is 0 Å². The van der Waals surface area contributed by atoms with Crippen LogP contribution in [-0.2, 0) is 14.3 Å². The number of rotatable bonds is 8. The van der Waals surface area contributed by atoms with Crippen molar-refractivity contribution < 1.29 is 14.3 Å². The molecule has 96 valence electrons. The lowest BCUT2D eigenvalue weighted by molar-refractivity contribution is -0.136. The van der Waals surface area contributed by atoms with Crippen molar-refractivity contribution in [2.24, 2.45) is 5.73 Å². The van der Waals surface area contributed by atoms with Crippen molar-refractivity contribution in [3.05, 3.63) is 0 Å². The van der Waals surface area contributed by atoms with Gasteiger partial charge in [0.25, 0.3) is 0 Å². The number of carbonyl (C=O) groups is 1. The van der Waals surface area contributed by atoms with Crippen LogP contribution >= 0.6 is 0 Å². The number of amides is 1. The number of methoxy groups -OCH3 is 2. The maximum atomic E-state index is 12.0. The second-order valence-electron chi connectivity index (χ2n) is 3.84. The lowest BCUT2D eigenvalue weighted by Gasteiger charge is -2.30. The van der Waals surface area contributed by atoms with E-state index in [1.165, 1.54) is 7.11 Å². The van der Waals surface area contributed by atoms with Gasteiger partial charge in [-0.1, -0.05) is 6.92 Å². The molecular formula is C11H24N2O3. The molecule has 2 N–H and O–H groups in total. The second-order valence-corrected chi connectivity index (χ2v) is 3.84. The molecule has 0 aliphatic carbocycles. The predicted molar refractivity (Wildman–Crippen MR) is 63.2 cm³/mol. The standard InChI is InChI=1S/C11H24N2O3/c1-5-9(2)13(6-7-15-3)11(14)10(12)8-16-4/h9-10H,5-8,12H2,1-4H3. The number of carbonyl (C=O) groups excluding carboxylic acids is 1. The molecule has 0 heterocycles. The van der Waals surface area contributed by atoms with E-state index in [1.807, 2.05) is 13.8 Å². The lowest BCUT2D eigenvalue weighted by Crippen LogP contribution is -2.50. The highest BCUT2D eigenvalue weighted by Crippen LogP contribution is 2.05. The van der Waals surface area contributed by atoms with Crippen LogP contribution < -0.4 is 5.73 Å². The fourth-order valence-corrected chi connectivity index (χ4v) is 1.42. The van der Waals surface area contributed by atoms with Crippen LogP contribution in [0.2, 0.25) is 0 Å². The van der Waals surface area contributed by atoms with E-state index >= 15 is 0 Å². The predicted octanol–water partition coefficient (Wildman–Crippen LogP) is 0.234. The molecule has 0 saturated carbocycles. The first kappa shape index (κ1) is 15.3. The minimum absolute atomic E-state index is 0.0757. The smallest absolute Gasteiger partial charge is 0.242 e. The Balaban J connectivity index is 4.42. The molecule has 0 aliphatic heterocycles. The minimum Gasteiger partial charge on any atom is -0.383 e. The normalized spacial score (nSPS) is 14.6. The molecule has 16 heavy (non-hydrogen) atoms. The molecule has 1 amide bonds. The van der Waals surface area contributed by atoms with Crippen LogP contribution in [0.15, 0.2) is 0 Å². The fraction of sp³-hybridized carbons (Fsp3) is 0.909. The second kappa shape index (κ2) is 8.50. The zero-order valence-corrected chi connectivity index (χ0v) is 10.7. The van der Waals surface area contributed by atoms with Gasteiger partial charge in [0.05, 0.1) is 13.2 Å². The molecule has 0 rings (SSSR count). The molecule has 0 radical (unpaired) electrons. The quantitative estimate of drug-likeness (QED) is 0.651. The molecule has 0 aromatic carbocycles. The summed E-state index contributed by atoms with van der Waals surface area (Å²) in [5, 5.41) is 0. The summed E-state index contributed by atoms with van der Waals surface area (Å²) in [4.78, 5) is 13.8. The molecule has 5 nitrogen and oxygen atoms in total. The monoisotopic (exact) mass is 232 g/mol. The van der Waals surface area contributed by atoms with E-state index in [-0.39, 0.29) is 18.6 Å². The third-order valence-electron chi connectivity index (χ3n) is 2.61. The number of nitrogens with two attached hydrogens (primary N) is 1. The first-order valence-electron chi connectivity index (χ1n) is 5.62. The van der Waals surface area contributed by atoms with Crippen molar-refractivity contribution in [2.45, 2.75) is 32.4 Å². The SMILES string of the molecule is CCC(C)N(CCOC)C(=O)C(N)COC. The molecule has 0 spiro atoms. The molecule has 5 heteroatoms. The summed E-state index contributed by atoms with van der Waals surface area (Å²) in [7, 11) is 3.16. The van der Waals surface area contributed by atoms with Gasteiger partial charge in [0.1, 0.15) is 6.04 Å². The Morgan fingerprint density at radius 1 is 1.38 bits per heavy atom. The van der Waals surface area contributed by atoms with Crippen LogP contribution in [0.1, 0.15) is 20.3 Å². The Kier molecular flexibility index (Phi) is 8.15. The molecule has 0 aromatic heterocycles. The third kappa shape index (κ3) is 4.92. The Labute approximate surface area is 97.9 Å². The van der Waals surface area contributed by atoms with E-state index in [2.05, 4.69) is 0 Å². The van der Waals surface area contributed by atoms with Crippen LogP contribution in [0.4, 0.5) is 0 Å². The van der Waals surface area contributed by atoms with Gasteiger partial charge in [0.2, 0.25) is 5.91 Å². The van der Waals surface area contributed by atoms with Gasteiger partial charge in [0, 0.05) is 26.8 Å². The first-order chi connectivity index (χ1) is 7.58. The van der Waals surface area contributed by atoms with Crippen LogP contribution in [0.25, 0.3) is 0 Å². The summed E-state index contributed by atoms with van der Waals surface area (Å²) >= 11 is 0. The van der Waals surface area contributed by atoms with Crippen LogP contribution in [0.5, 0.6) is 0 Å². The molecule has 2 unspecified atom stereocenters. The van der Waals surface area contributed by atoms with Crippen molar-refractivity contribution in [1.82, 2.24) is 4.90 Å². The molecule has 2 atom stereocenters. The maximum Gasteiger partial charge on any atom is 0.242 e. The third-order valence-corrected chi connectivity index (χ3v) is 2.61. The first-order valence-corrected chi connectivity index (χ1v) is 5.62. The largest absolute Gasteiger partial charge is 0.383 e. The summed E-state index contributed by atoms with van der Waals surface area (Å²) in [5.41, 5.74) is 5.74. The lowest BCUT2D eigenvalue weighted by atomic mass is 10.2. The number of hydrogen-bond acceptors (Lipinski definition) is 4. The Morgan fingerprint density at radius 3 is 2.44 bits per heavy atom. The van der Waals surface area contributed by atoms with Crippen LogP contribution in [-0.4, -0.2) is 56.9 Å².